The lowest BCUT2D eigenvalue weighted by atomic mass is 10.1. The highest BCUT2D eigenvalue weighted by Gasteiger charge is 2.19. The summed E-state index contributed by atoms with van der Waals surface area (Å²) >= 11 is 0. The molecule has 0 aromatic rings. The normalized spacial score (nSPS) is 13.0. The highest BCUT2D eigenvalue weighted by Crippen LogP contribution is 2.15. The molecule has 6 heteroatoms. The van der Waals surface area contributed by atoms with Gasteiger partial charge in [-0.3, -0.25) is 14.4 Å². The number of rotatable bonds is 60. The largest absolute Gasteiger partial charge is 0.462 e. The van der Waals surface area contributed by atoms with Crippen LogP contribution in [0.5, 0.6) is 0 Å². The summed E-state index contributed by atoms with van der Waals surface area (Å²) in [6.45, 7) is 6.48. The lowest BCUT2D eigenvalue weighted by Crippen LogP contribution is -2.30. The third-order valence-electron chi connectivity index (χ3n) is 14.1. The Hall–Kier alpha value is -4.45. The molecule has 0 radical (unpaired) electrons. The number of allylic oxidation sites excluding steroid dienone is 22. The average Bonchev–Trinajstić information content (AvgIpc) is 3.46. The molecule has 0 rings (SSSR count). The Labute approximate surface area is 500 Å². The number of ether oxygens (including phenoxy) is 3. The zero-order chi connectivity index (χ0) is 58.5. The summed E-state index contributed by atoms with van der Waals surface area (Å²) in [5.41, 5.74) is 0. The molecule has 0 heterocycles. The van der Waals surface area contributed by atoms with Crippen LogP contribution in [-0.2, 0) is 28.6 Å². The van der Waals surface area contributed by atoms with Crippen molar-refractivity contribution in [2.45, 2.75) is 309 Å². The number of carbonyl (C=O) groups excluding carboxylic acids is 3. The molecule has 0 aromatic heterocycles. The van der Waals surface area contributed by atoms with Gasteiger partial charge in [-0.1, -0.05) is 276 Å². The van der Waals surface area contributed by atoms with Crippen LogP contribution >= 0.6 is 0 Å². The minimum atomic E-state index is -0.799. The van der Waals surface area contributed by atoms with Crippen LogP contribution in [0.1, 0.15) is 303 Å². The molecule has 0 aliphatic rings. The summed E-state index contributed by atoms with van der Waals surface area (Å²) in [6.07, 6.45) is 96.0. The van der Waals surface area contributed by atoms with Gasteiger partial charge in [0, 0.05) is 19.3 Å². The molecule has 81 heavy (non-hydrogen) atoms. The van der Waals surface area contributed by atoms with Gasteiger partial charge in [0.2, 0.25) is 0 Å². The standard InChI is InChI=1S/C75H124O6/c1-4-7-10-13-16-19-22-25-27-29-31-33-34-35-36-37-38-39-40-42-43-45-47-50-53-56-59-62-65-68-74(77)80-71-72(70-79-73(76)67-64-61-58-55-52-49-24-21-18-15-12-9-6-3)81-75(78)69-66-63-60-57-54-51-48-46-44-41-32-30-28-26-23-20-17-14-11-8-5-2/h7,10,16,19,21,23-27,30-33,35-36,38-39,42-44,46,72H,4-6,8-9,11-15,17-18,20,22,28-29,34,37,40-41,45,47-71H2,1-3H3/b10-7-,19-16-,24-21-,26-23-,27-25-,32-30-,33-31-,36-35-,39-38-,43-42-,46-44-. The molecule has 0 aliphatic carbocycles. The van der Waals surface area contributed by atoms with Crippen molar-refractivity contribution in [3.8, 4) is 0 Å². The van der Waals surface area contributed by atoms with E-state index in [1.807, 2.05) is 0 Å². The van der Waals surface area contributed by atoms with Gasteiger partial charge in [0.05, 0.1) is 0 Å². The van der Waals surface area contributed by atoms with Crippen LogP contribution in [-0.4, -0.2) is 37.2 Å². The number of carbonyl (C=O) groups is 3. The number of hydrogen-bond donors (Lipinski definition) is 0. The van der Waals surface area contributed by atoms with Crippen LogP contribution in [0, 0.1) is 0 Å². The molecule has 0 saturated heterocycles. The lowest BCUT2D eigenvalue weighted by Gasteiger charge is -2.18. The van der Waals surface area contributed by atoms with Gasteiger partial charge in [0.25, 0.3) is 0 Å². The number of unbranched alkanes of at least 4 members (excludes halogenated alkanes) is 27. The predicted molar refractivity (Wildman–Crippen MR) is 353 cm³/mol. The van der Waals surface area contributed by atoms with Gasteiger partial charge in [-0.15, -0.1) is 0 Å². The molecule has 1 unspecified atom stereocenters. The minimum Gasteiger partial charge on any atom is -0.462 e. The molecule has 1 atom stereocenters. The molecule has 0 fully saturated rings. The number of esters is 3. The summed E-state index contributed by atoms with van der Waals surface area (Å²) in [5, 5.41) is 0. The fourth-order valence-electron chi connectivity index (χ4n) is 9.07. The van der Waals surface area contributed by atoms with E-state index in [1.54, 1.807) is 0 Å². The lowest BCUT2D eigenvalue weighted by molar-refractivity contribution is -0.167. The Morgan fingerprint density at radius 3 is 0.778 bits per heavy atom. The molecule has 0 aliphatic heterocycles. The molecule has 0 amide bonds. The molecule has 0 spiro atoms. The average molecular weight is 1120 g/mol. The Kier molecular flexibility index (Phi) is 64.3. The summed E-state index contributed by atoms with van der Waals surface area (Å²) in [5.74, 6) is -0.922. The quantitative estimate of drug-likeness (QED) is 0.0261. The second kappa shape index (κ2) is 68.1. The maximum absolute atomic E-state index is 12.9. The first-order valence-corrected chi connectivity index (χ1v) is 33.7. The molecular formula is C75H124O6. The first kappa shape index (κ1) is 76.5. The van der Waals surface area contributed by atoms with E-state index >= 15 is 0 Å². The monoisotopic (exact) mass is 1120 g/mol. The van der Waals surface area contributed by atoms with E-state index < -0.39 is 6.10 Å². The summed E-state index contributed by atoms with van der Waals surface area (Å²) in [4.78, 5) is 38.4. The number of hydrogen-bond acceptors (Lipinski definition) is 6. The van der Waals surface area contributed by atoms with E-state index in [2.05, 4.69) is 154 Å². The van der Waals surface area contributed by atoms with E-state index in [0.29, 0.717) is 19.3 Å². The highest BCUT2D eigenvalue weighted by molar-refractivity contribution is 5.71. The Morgan fingerprint density at radius 2 is 0.481 bits per heavy atom. The first-order valence-electron chi connectivity index (χ1n) is 33.7. The maximum atomic E-state index is 12.9. The second-order valence-corrected chi connectivity index (χ2v) is 22.0. The van der Waals surface area contributed by atoms with Crippen LogP contribution in [0.25, 0.3) is 0 Å². The van der Waals surface area contributed by atoms with Crippen molar-refractivity contribution in [2.75, 3.05) is 13.2 Å². The fourth-order valence-corrected chi connectivity index (χ4v) is 9.07. The Balaban J connectivity index is 4.38. The van der Waals surface area contributed by atoms with Crippen molar-refractivity contribution < 1.29 is 28.6 Å². The van der Waals surface area contributed by atoms with Gasteiger partial charge in [0.15, 0.2) is 6.10 Å². The van der Waals surface area contributed by atoms with Gasteiger partial charge in [-0.05, 0) is 141 Å². The van der Waals surface area contributed by atoms with Crippen molar-refractivity contribution in [1.29, 1.82) is 0 Å². The van der Waals surface area contributed by atoms with Crippen LogP contribution in [0.2, 0.25) is 0 Å². The smallest absolute Gasteiger partial charge is 0.306 e. The maximum Gasteiger partial charge on any atom is 0.306 e. The highest BCUT2D eigenvalue weighted by atomic mass is 16.6. The molecule has 460 valence electrons. The van der Waals surface area contributed by atoms with Crippen LogP contribution in [0.3, 0.4) is 0 Å². The summed E-state index contributed by atoms with van der Waals surface area (Å²) in [7, 11) is 0. The molecule has 0 saturated carbocycles. The molecule has 6 nitrogen and oxygen atoms in total. The van der Waals surface area contributed by atoms with E-state index in [4.69, 9.17) is 14.2 Å². The third-order valence-corrected chi connectivity index (χ3v) is 14.1. The van der Waals surface area contributed by atoms with E-state index in [0.717, 1.165) is 148 Å². The van der Waals surface area contributed by atoms with Crippen molar-refractivity contribution in [2.24, 2.45) is 0 Å². The minimum absolute atomic E-state index is 0.0940. The molecule has 0 N–H and O–H groups in total. The van der Waals surface area contributed by atoms with Gasteiger partial charge in [0.1, 0.15) is 13.2 Å². The third kappa shape index (κ3) is 66.2. The first-order chi connectivity index (χ1) is 40.0. The summed E-state index contributed by atoms with van der Waals surface area (Å²) < 4.78 is 16.9. The van der Waals surface area contributed by atoms with Gasteiger partial charge in [-0.25, -0.2) is 0 Å². The molecule has 0 aromatic carbocycles. The topological polar surface area (TPSA) is 78.9 Å². The summed E-state index contributed by atoms with van der Waals surface area (Å²) in [6, 6.07) is 0. The van der Waals surface area contributed by atoms with Gasteiger partial charge in [-0.2, -0.15) is 0 Å². The zero-order valence-corrected chi connectivity index (χ0v) is 52.8. The fraction of sp³-hybridized carbons (Fsp3) is 0.667. The zero-order valence-electron chi connectivity index (χ0n) is 52.8. The van der Waals surface area contributed by atoms with Crippen molar-refractivity contribution in [3.63, 3.8) is 0 Å². The van der Waals surface area contributed by atoms with Gasteiger partial charge < -0.3 is 14.2 Å². The SMILES string of the molecule is CC/C=C\C/C=C\C/C=C\C/C=C\C/C=C\C/C=C\C/C=C\CCCCCCCCCC(=O)OCC(COC(=O)CCCCCCC/C=C\CCCCCC)OC(=O)CCCCCCCC/C=C\C/C=C\C/C=C\CCCCCCC. The molecular weight excluding hydrogens is 997 g/mol. The van der Waals surface area contributed by atoms with Crippen LogP contribution < -0.4 is 0 Å². The van der Waals surface area contributed by atoms with Crippen molar-refractivity contribution in [1.82, 2.24) is 0 Å². The van der Waals surface area contributed by atoms with Crippen molar-refractivity contribution >= 4 is 17.9 Å². The predicted octanol–water partition coefficient (Wildman–Crippen LogP) is 23.3. The Morgan fingerprint density at radius 1 is 0.259 bits per heavy atom. The van der Waals surface area contributed by atoms with Crippen LogP contribution in [0.15, 0.2) is 134 Å². The Bertz CT molecular complexity index is 1720. The van der Waals surface area contributed by atoms with E-state index in [1.165, 1.54) is 116 Å². The van der Waals surface area contributed by atoms with E-state index in [9.17, 15) is 14.4 Å². The van der Waals surface area contributed by atoms with Crippen molar-refractivity contribution in [3.05, 3.63) is 134 Å². The van der Waals surface area contributed by atoms with Crippen LogP contribution in [0.4, 0.5) is 0 Å². The van der Waals surface area contributed by atoms with E-state index in [-0.39, 0.29) is 31.1 Å². The molecule has 0 bridgehead atoms. The second-order valence-electron chi connectivity index (χ2n) is 22.0. The van der Waals surface area contributed by atoms with Gasteiger partial charge >= 0.3 is 17.9 Å².